The minimum atomic E-state index is -1.24. The van der Waals surface area contributed by atoms with Gasteiger partial charge in [-0.05, 0) is 56.4 Å². The van der Waals surface area contributed by atoms with E-state index in [1.807, 2.05) is 44.2 Å². The summed E-state index contributed by atoms with van der Waals surface area (Å²) >= 11 is 0. The molecule has 0 saturated carbocycles. The molecule has 0 radical (unpaired) electrons. The fourth-order valence-electron chi connectivity index (χ4n) is 3.38. The predicted molar refractivity (Wildman–Crippen MR) is 135 cm³/mol. The van der Waals surface area contributed by atoms with Crippen molar-refractivity contribution in [3.05, 3.63) is 65.7 Å². The molecule has 0 unspecified atom stereocenters. The fourth-order valence-corrected chi connectivity index (χ4v) is 3.38. The number of ether oxygens (including phenoxy) is 3. The Morgan fingerprint density at radius 2 is 1.53 bits per heavy atom. The number of carbonyl (C=O) groups excluding carboxylic acids is 3. The summed E-state index contributed by atoms with van der Waals surface area (Å²) in [5, 5.41) is 9.58. The Bertz CT molecular complexity index is 997. The Kier molecular flexibility index (Phi) is 10.3. The van der Waals surface area contributed by atoms with Crippen LogP contribution in [-0.4, -0.2) is 52.8 Å². The van der Waals surface area contributed by atoms with Crippen LogP contribution in [0.2, 0.25) is 0 Å². The molecule has 2 rings (SSSR count). The third kappa shape index (κ3) is 9.60. The maximum Gasteiger partial charge on any atom is 0.410 e. The van der Waals surface area contributed by atoms with Gasteiger partial charge in [-0.1, -0.05) is 56.3 Å². The number of benzene rings is 2. The van der Waals surface area contributed by atoms with Crippen LogP contribution >= 0.6 is 0 Å². The van der Waals surface area contributed by atoms with Crippen LogP contribution in [0.3, 0.4) is 0 Å². The van der Waals surface area contributed by atoms with Crippen molar-refractivity contribution >= 4 is 18.0 Å². The lowest BCUT2D eigenvalue weighted by Gasteiger charge is -2.31. The van der Waals surface area contributed by atoms with Crippen molar-refractivity contribution in [2.24, 2.45) is 5.92 Å². The van der Waals surface area contributed by atoms with E-state index in [1.165, 1.54) is 24.1 Å². The SMILES string of the molecule is CC(C)C[C@@H](C(=O)O[C@H](Cc1ccc(O)cc1)C(=O)OCc1ccccc1)N(C)C(=O)OC(C)(C)C. The number of likely N-dealkylation sites (N-methyl/N-ethyl adjacent to an activating group) is 1. The monoisotopic (exact) mass is 499 g/mol. The minimum Gasteiger partial charge on any atom is -0.508 e. The lowest BCUT2D eigenvalue weighted by molar-refractivity contribution is -0.171. The van der Waals surface area contributed by atoms with E-state index < -0.39 is 35.8 Å². The van der Waals surface area contributed by atoms with Crippen LogP contribution in [0.4, 0.5) is 4.79 Å². The van der Waals surface area contributed by atoms with Crippen molar-refractivity contribution in [3.63, 3.8) is 0 Å². The summed E-state index contributed by atoms with van der Waals surface area (Å²) in [6, 6.07) is 14.5. The van der Waals surface area contributed by atoms with Gasteiger partial charge in [0.1, 0.15) is 24.0 Å². The summed E-state index contributed by atoms with van der Waals surface area (Å²) in [4.78, 5) is 40.2. The molecular formula is C28H37NO7. The summed E-state index contributed by atoms with van der Waals surface area (Å²) in [5.41, 5.74) is 0.728. The van der Waals surface area contributed by atoms with Crippen LogP contribution in [0.25, 0.3) is 0 Å². The molecule has 2 aromatic carbocycles. The van der Waals surface area contributed by atoms with Crippen molar-refractivity contribution in [2.45, 2.75) is 71.8 Å². The maximum atomic E-state index is 13.3. The van der Waals surface area contributed by atoms with E-state index in [1.54, 1.807) is 32.9 Å². The van der Waals surface area contributed by atoms with E-state index in [-0.39, 0.29) is 24.7 Å². The normalized spacial score (nSPS) is 13.0. The van der Waals surface area contributed by atoms with Crippen molar-refractivity contribution in [2.75, 3.05) is 7.05 Å². The first-order valence-corrected chi connectivity index (χ1v) is 12.0. The highest BCUT2D eigenvalue weighted by Crippen LogP contribution is 2.19. The molecule has 36 heavy (non-hydrogen) atoms. The van der Waals surface area contributed by atoms with E-state index in [4.69, 9.17) is 14.2 Å². The van der Waals surface area contributed by atoms with Crippen LogP contribution in [0.1, 0.15) is 52.2 Å². The quantitative estimate of drug-likeness (QED) is 0.367. The van der Waals surface area contributed by atoms with Gasteiger partial charge in [-0.25, -0.2) is 14.4 Å². The van der Waals surface area contributed by atoms with Gasteiger partial charge in [0, 0.05) is 13.5 Å². The van der Waals surface area contributed by atoms with Gasteiger partial charge in [0.05, 0.1) is 0 Å². The Morgan fingerprint density at radius 1 is 0.917 bits per heavy atom. The lowest BCUT2D eigenvalue weighted by atomic mass is 10.0. The lowest BCUT2D eigenvalue weighted by Crippen LogP contribution is -2.47. The molecule has 0 saturated heterocycles. The summed E-state index contributed by atoms with van der Waals surface area (Å²) in [6.07, 6.45) is -1.54. The van der Waals surface area contributed by atoms with E-state index in [2.05, 4.69) is 0 Å². The number of aromatic hydroxyl groups is 1. The molecule has 0 aliphatic rings. The third-order valence-corrected chi connectivity index (χ3v) is 5.22. The highest BCUT2D eigenvalue weighted by Gasteiger charge is 2.35. The van der Waals surface area contributed by atoms with Crippen molar-refractivity contribution < 1.29 is 33.7 Å². The topological polar surface area (TPSA) is 102 Å². The number of nitrogens with zero attached hydrogens (tertiary/aromatic N) is 1. The second-order valence-corrected chi connectivity index (χ2v) is 10.1. The average Bonchev–Trinajstić information content (AvgIpc) is 2.80. The first kappa shape index (κ1) is 28.7. The molecular weight excluding hydrogens is 462 g/mol. The number of hydrogen-bond donors (Lipinski definition) is 1. The molecule has 0 heterocycles. The molecule has 0 spiro atoms. The highest BCUT2D eigenvalue weighted by atomic mass is 16.6. The first-order valence-electron chi connectivity index (χ1n) is 12.0. The molecule has 2 aromatic rings. The number of hydrogen-bond acceptors (Lipinski definition) is 7. The molecule has 8 heteroatoms. The van der Waals surface area contributed by atoms with E-state index in [0.717, 1.165) is 5.56 Å². The van der Waals surface area contributed by atoms with Crippen LogP contribution in [0.5, 0.6) is 5.75 Å². The highest BCUT2D eigenvalue weighted by molar-refractivity contribution is 5.84. The van der Waals surface area contributed by atoms with Crippen molar-refractivity contribution in [1.29, 1.82) is 0 Å². The zero-order valence-electron chi connectivity index (χ0n) is 21.9. The van der Waals surface area contributed by atoms with E-state index in [0.29, 0.717) is 12.0 Å². The second-order valence-electron chi connectivity index (χ2n) is 10.1. The number of phenols is 1. The summed E-state index contributed by atoms with van der Waals surface area (Å²) in [5.74, 6) is -1.29. The first-order chi connectivity index (χ1) is 16.9. The van der Waals surface area contributed by atoms with E-state index >= 15 is 0 Å². The maximum absolute atomic E-state index is 13.3. The van der Waals surface area contributed by atoms with Crippen LogP contribution in [0, 0.1) is 5.92 Å². The molecule has 8 nitrogen and oxygen atoms in total. The Balaban J connectivity index is 2.22. The average molecular weight is 500 g/mol. The van der Waals surface area contributed by atoms with Crippen LogP contribution < -0.4 is 0 Å². The molecule has 196 valence electrons. The zero-order chi connectivity index (χ0) is 26.9. The standard InChI is InChI=1S/C28H37NO7/c1-19(2)16-23(29(6)27(33)36-28(3,4)5)25(31)35-24(17-20-12-14-22(30)15-13-20)26(32)34-18-21-10-8-7-9-11-21/h7-15,19,23-24,30H,16-18H2,1-6H3/t23-,24+/m0/s1. The number of carbonyl (C=O) groups is 3. The van der Waals surface area contributed by atoms with Gasteiger partial charge in [0.25, 0.3) is 0 Å². The second kappa shape index (κ2) is 13.0. The van der Waals surface area contributed by atoms with Crippen molar-refractivity contribution in [3.8, 4) is 5.75 Å². The van der Waals surface area contributed by atoms with Gasteiger partial charge in [0.2, 0.25) is 6.10 Å². The summed E-state index contributed by atoms with van der Waals surface area (Å²) < 4.78 is 16.5. The van der Waals surface area contributed by atoms with Gasteiger partial charge in [-0.15, -0.1) is 0 Å². The Morgan fingerprint density at radius 3 is 2.08 bits per heavy atom. The van der Waals surface area contributed by atoms with Gasteiger partial charge < -0.3 is 19.3 Å². The molecule has 0 aliphatic heterocycles. The molecule has 1 amide bonds. The largest absolute Gasteiger partial charge is 0.508 e. The number of phenolic OH excluding ortho intramolecular Hbond substituents is 1. The zero-order valence-corrected chi connectivity index (χ0v) is 21.9. The van der Waals surface area contributed by atoms with Crippen molar-refractivity contribution in [1.82, 2.24) is 4.90 Å². The predicted octanol–water partition coefficient (Wildman–Crippen LogP) is 4.87. The molecule has 0 bridgehead atoms. The Labute approximate surface area is 213 Å². The summed E-state index contributed by atoms with van der Waals surface area (Å²) in [7, 11) is 1.48. The number of rotatable bonds is 10. The smallest absolute Gasteiger partial charge is 0.410 e. The molecule has 1 N–H and O–H groups in total. The van der Waals surface area contributed by atoms with Gasteiger partial charge in [-0.3, -0.25) is 4.90 Å². The molecule has 0 aromatic heterocycles. The molecule has 2 atom stereocenters. The molecule has 0 aliphatic carbocycles. The number of esters is 2. The van der Waals surface area contributed by atoms with Gasteiger partial charge in [-0.2, -0.15) is 0 Å². The molecule has 0 fully saturated rings. The number of amides is 1. The van der Waals surface area contributed by atoms with E-state index in [9.17, 15) is 19.5 Å². The van der Waals surface area contributed by atoms with Gasteiger partial charge in [0.15, 0.2) is 0 Å². The van der Waals surface area contributed by atoms with Crippen LogP contribution in [0.15, 0.2) is 54.6 Å². The fraction of sp³-hybridized carbons (Fsp3) is 0.464. The van der Waals surface area contributed by atoms with Crippen LogP contribution in [-0.2, 0) is 36.8 Å². The van der Waals surface area contributed by atoms with Gasteiger partial charge >= 0.3 is 18.0 Å². The summed E-state index contributed by atoms with van der Waals surface area (Å²) in [6.45, 7) is 9.09. The third-order valence-electron chi connectivity index (χ3n) is 5.22. The Hall–Kier alpha value is -3.55. The minimum absolute atomic E-state index is 0.0243.